The van der Waals surface area contributed by atoms with E-state index in [0.29, 0.717) is 0 Å². The third-order valence-electron chi connectivity index (χ3n) is 2.28. The number of ketones is 1. The van der Waals surface area contributed by atoms with E-state index in [1.807, 2.05) is 24.3 Å². The molecule has 0 unspecified atom stereocenters. The van der Waals surface area contributed by atoms with E-state index in [0.717, 1.165) is 5.56 Å². The summed E-state index contributed by atoms with van der Waals surface area (Å²) < 4.78 is 0. The Morgan fingerprint density at radius 2 is 1.80 bits per heavy atom. The Bertz CT molecular complexity index is 524. The number of carbonyl (C=O) groups is 1. The summed E-state index contributed by atoms with van der Waals surface area (Å²) in [6.45, 7) is 1.55. The molecule has 0 spiro atoms. The van der Waals surface area contributed by atoms with Crippen LogP contribution in [0.5, 0.6) is 0 Å². The lowest BCUT2D eigenvalue weighted by Gasteiger charge is -1.98. The standard InChI is InChI=1S/C14H12O/c1-11(15)6-7-12-8-9-13-4-2-3-5-14(13)10-12/h2-10H,1H3/b7-6-. The topological polar surface area (TPSA) is 17.1 Å². The highest BCUT2D eigenvalue weighted by atomic mass is 16.1. The van der Waals surface area contributed by atoms with E-state index in [1.165, 1.54) is 10.8 Å². The summed E-state index contributed by atoms with van der Waals surface area (Å²) in [6.07, 6.45) is 3.43. The summed E-state index contributed by atoms with van der Waals surface area (Å²) in [5, 5.41) is 2.42. The molecule has 0 saturated heterocycles. The molecule has 0 fully saturated rings. The molecular weight excluding hydrogens is 184 g/mol. The van der Waals surface area contributed by atoms with E-state index in [-0.39, 0.29) is 5.78 Å². The lowest BCUT2D eigenvalue weighted by molar-refractivity contribution is -0.112. The van der Waals surface area contributed by atoms with Gasteiger partial charge in [-0.3, -0.25) is 4.79 Å². The van der Waals surface area contributed by atoms with Crippen molar-refractivity contribution in [1.82, 2.24) is 0 Å². The minimum atomic E-state index is 0.0724. The minimum Gasteiger partial charge on any atom is -0.295 e. The molecule has 0 radical (unpaired) electrons. The van der Waals surface area contributed by atoms with E-state index in [4.69, 9.17) is 0 Å². The molecule has 0 bridgehead atoms. The number of carbonyl (C=O) groups excluding carboxylic acids is 1. The van der Waals surface area contributed by atoms with Crippen molar-refractivity contribution >= 4 is 22.6 Å². The lowest BCUT2D eigenvalue weighted by Crippen LogP contribution is -1.80. The van der Waals surface area contributed by atoms with Crippen LogP contribution in [0.15, 0.2) is 48.5 Å². The van der Waals surface area contributed by atoms with Crippen LogP contribution in [0.4, 0.5) is 0 Å². The maximum absolute atomic E-state index is 10.8. The van der Waals surface area contributed by atoms with Gasteiger partial charge in [0.25, 0.3) is 0 Å². The molecular formula is C14H12O. The Balaban J connectivity index is 2.43. The summed E-state index contributed by atoms with van der Waals surface area (Å²) >= 11 is 0. The molecule has 1 nitrogen and oxygen atoms in total. The van der Waals surface area contributed by atoms with Gasteiger partial charge in [-0.2, -0.15) is 0 Å². The molecule has 15 heavy (non-hydrogen) atoms. The normalized spacial score (nSPS) is 11.0. The zero-order valence-corrected chi connectivity index (χ0v) is 8.60. The molecule has 0 heterocycles. The summed E-state index contributed by atoms with van der Waals surface area (Å²) in [6, 6.07) is 14.3. The number of fused-ring (bicyclic) bond motifs is 1. The maximum atomic E-state index is 10.8. The van der Waals surface area contributed by atoms with Crippen molar-refractivity contribution in [3.05, 3.63) is 54.1 Å². The van der Waals surface area contributed by atoms with Gasteiger partial charge >= 0.3 is 0 Å². The van der Waals surface area contributed by atoms with Crippen LogP contribution >= 0.6 is 0 Å². The zero-order chi connectivity index (χ0) is 10.7. The molecule has 2 aromatic rings. The van der Waals surface area contributed by atoms with Crippen LogP contribution in [0.2, 0.25) is 0 Å². The number of benzene rings is 2. The fraction of sp³-hybridized carbons (Fsp3) is 0.0714. The van der Waals surface area contributed by atoms with Gasteiger partial charge in [-0.25, -0.2) is 0 Å². The second-order valence-corrected chi connectivity index (χ2v) is 3.55. The fourth-order valence-corrected chi connectivity index (χ4v) is 1.53. The summed E-state index contributed by atoms with van der Waals surface area (Å²) in [4.78, 5) is 10.8. The van der Waals surface area contributed by atoms with Crippen molar-refractivity contribution in [3.8, 4) is 0 Å². The predicted molar refractivity (Wildman–Crippen MR) is 63.7 cm³/mol. The second kappa shape index (κ2) is 4.09. The molecule has 0 atom stereocenters. The molecule has 0 aliphatic carbocycles. The van der Waals surface area contributed by atoms with Crippen LogP contribution in [-0.4, -0.2) is 5.78 Å². The van der Waals surface area contributed by atoms with Gasteiger partial charge in [0.2, 0.25) is 0 Å². The molecule has 0 aliphatic heterocycles. The average molecular weight is 196 g/mol. The van der Waals surface area contributed by atoms with E-state index >= 15 is 0 Å². The SMILES string of the molecule is CC(=O)/C=C\c1ccc2ccccc2c1. The first-order chi connectivity index (χ1) is 7.25. The van der Waals surface area contributed by atoms with Crippen molar-refractivity contribution in [2.45, 2.75) is 6.92 Å². The van der Waals surface area contributed by atoms with E-state index < -0.39 is 0 Å². The smallest absolute Gasteiger partial charge is 0.152 e. The quantitative estimate of drug-likeness (QED) is 0.672. The first-order valence-electron chi connectivity index (χ1n) is 4.93. The predicted octanol–water partition coefficient (Wildman–Crippen LogP) is 3.44. The number of hydrogen-bond acceptors (Lipinski definition) is 1. The number of allylic oxidation sites excluding steroid dienone is 1. The maximum Gasteiger partial charge on any atom is 0.152 e. The van der Waals surface area contributed by atoms with Gasteiger partial charge in [0.15, 0.2) is 5.78 Å². The highest BCUT2D eigenvalue weighted by Gasteiger charge is 1.92. The first kappa shape index (κ1) is 9.66. The highest BCUT2D eigenvalue weighted by molar-refractivity contribution is 5.92. The second-order valence-electron chi connectivity index (χ2n) is 3.55. The molecule has 74 valence electrons. The van der Waals surface area contributed by atoms with Crippen LogP contribution in [0, 0.1) is 0 Å². The summed E-state index contributed by atoms with van der Waals surface area (Å²) in [5.41, 5.74) is 1.06. The van der Waals surface area contributed by atoms with Crippen LogP contribution in [-0.2, 0) is 4.79 Å². The van der Waals surface area contributed by atoms with E-state index in [1.54, 1.807) is 13.0 Å². The van der Waals surface area contributed by atoms with Gasteiger partial charge in [-0.15, -0.1) is 0 Å². The number of rotatable bonds is 2. The third-order valence-corrected chi connectivity index (χ3v) is 2.28. The first-order valence-corrected chi connectivity index (χ1v) is 4.93. The highest BCUT2D eigenvalue weighted by Crippen LogP contribution is 2.16. The Labute approximate surface area is 89.0 Å². The molecule has 0 saturated carbocycles. The van der Waals surface area contributed by atoms with Crippen LogP contribution in [0.25, 0.3) is 16.8 Å². The third kappa shape index (κ3) is 2.32. The van der Waals surface area contributed by atoms with Crippen LogP contribution < -0.4 is 0 Å². The van der Waals surface area contributed by atoms with Crippen molar-refractivity contribution < 1.29 is 4.79 Å². The van der Waals surface area contributed by atoms with E-state index in [9.17, 15) is 4.79 Å². The van der Waals surface area contributed by atoms with Crippen LogP contribution in [0.3, 0.4) is 0 Å². The van der Waals surface area contributed by atoms with Crippen molar-refractivity contribution in [2.24, 2.45) is 0 Å². The van der Waals surface area contributed by atoms with E-state index in [2.05, 4.69) is 24.3 Å². The molecule has 1 heteroatoms. The Kier molecular flexibility index (Phi) is 2.64. The van der Waals surface area contributed by atoms with Crippen molar-refractivity contribution in [3.63, 3.8) is 0 Å². The van der Waals surface area contributed by atoms with Gasteiger partial charge in [0, 0.05) is 0 Å². The van der Waals surface area contributed by atoms with Crippen molar-refractivity contribution in [1.29, 1.82) is 0 Å². The van der Waals surface area contributed by atoms with Gasteiger partial charge in [-0.1, -0.05) is 42.5 Å². The average Bonchev–Trinajstić information content (AvgIpc) is 2.26. The fourth-order valence-electron chi connectivity index (χ4n) is 1.53. The lowest BCUT2D eigenvalue weighted by atomic mass is 10.1. The molecule has 0 N–H and O–H groups in total. The summed E-state index contributed by atoms with van der Waals surface area (Å²) in [5.74, 6) is 0.0724. The van der Waals surface area contributed by atoms with Crippen LogP contribution in [0.1, 0.15) is 12.5 Å². The van der Waals surface area contributed by atoms with Gasteiger partial charge in [-0.05, 0) is 35.4 Å². The van der Waals surface area contributed by atoms with Gasteiger partial charge in [0.05, 0.1) is 0 Å². The zero-order valence-electron chi connectivity index (χ0n) is 8.60. The molecule has 2 aromatic carbocycles. The minimum absolute atomic E-state index is 0.0724. The summed E-state index contributed by atoms with van der Waals surface area (Å²) in [7, 11) is 0. The molecule has 0 aliphatic rings. The van der Waals surface area contributed by atoms with Gasteiger partial charge < -0.3 is 0 Å². The Hall–Kier alpha value is -1.89. The molecule has 0 amide bonds. The Morgan fingerprint density at radius 3 is 2.53 bits per heavy atom. The molecule has 2 rings (SSSR count). The largest absolute Gasteiger partial charge is 0.295 e. The monoisotopic (exact) mass is 196 g/mol. The Morgan fingerprint density at radius 1 is 1.07 bits per heavy atom. The van der Waals surface area contributed by atoms with Crippen molar-refractivity contribution in [2.75, 3.05) is 0 Å². The number of hydrogen-bond donors (Lipinski definition) is 0. The molecule has 0 aromatic heterocycles. The van der Waals surface area contributed by atoms with Gasteiger partial charge in [0.1, 0.15) is 0 Å².